The molecule has 1 aliphatic rings. The number of hydrogen-bond donors (Lipinski definition) is 1. The number of hydrogen-bond acceptors (Lipinski definition) is 5. The van der Waals surface area contributed by atoms with Crippen molar-refractivity contribution in [1.82, 2.24) is 14.9 Å². The Balaban J connectivity index is 0.00000280. The number of imidazole rings is 1. The zero-order chi connectivity index (χ0) is 27.1. The van der Waals surface area contributed by atoms with E-state index in [0.29, 0.717) is 12.8 Å². The van der Waals surface area contributed by atoms with Crippen molar-refractivity contribution >= 4 is 41.8 Å². The summed E-state index contributed by atoms with van der Waals surface area (Å²) >= 11 is 0. The number of H-pyrrole nitrogens is 1. The van der Waals surface area contributed by atoms with Crippen LogP contribution in [0.4, 0.5) is 4.39 Å². The molecule has 0 bridgehead atoms. The quantitative estimate of drug-likeness (QED) is 0.172. The Morgan fingerprint density at radius 2 is 1.93 bits per heavy atom. The Morgan fingerprint density at radius 3 is 2.65 bits per heavy atom. The van der Waals surface area contributed by atoms with Crippen LogP contribution in [0.5, 0.6) is 0 Å². The van der Waals surface area contributed by atoms with E-state index in [1.54, 1.807) is 6.07 Å². The van der Waals surface area contributed by atoms with Crippen LogP contribution in [0.3, 0.4) is 0 Å². The summed E-state index contributed by atoms with van der Waals surface area (Å²) in [6, 6.07) is 13.2. The molecule has 0 spiro atoms. The molecule has 0 aliphatic heterocycles. The Hall–Kier alpha value is -2.19. The van der Waals surface area contributed by atoms with Gasteiger partial charge in [0.1, 0.15) is 23.8 Å². The molecule has 9 heteroatoms. The molecule has 6 nitrogen and oxygen atoms in total. The number of benzene rings is 2. The summed E-state index contributed by atoms with van der Waals surface area (Å²) < 4.78 is 25.3. The molecule has 2 atom stereocenters. The maximum Gasteiger partial charge on any atom is 0.332 e. The minimum Gasteiger partial charge on any atom is -0.457 e. The van der Waals surface area contributed by atoms with Crippen LogP contribution in [-0.4, -0.2) is 60.3 Å². The third-order valence-electron chi connectivity index (χ3n) is 7.88. The highest BCUT2D eigenvalue weighted by molar-refractivity contribution is 5.85. The number of aromatic amines is 1. The lowest BCUT2D eigenvalue weighted by Gasteiger charge is -2.47. The van der Waals surface area contributed by atoms with Crippen LogP contribution in [0.25, 0.3) is 11.0 Å². The second kappa shape index (κ2) is 15.7. The number of esters is 1. The van der Waals surface area contributed by atoms with Crippen molar-refractivity contribution in [3.8, 4) is 0 Å². The monoisotopic (exact) mass is 595 g/mol. The molecule has 4 rings (SSSR count). The van der Waals surface area contributed by atoms with Gasteiger partial charge in [0.2, 0.25) is 0 Å². The van der Waals surface area contributed by atoms with Crippen molar-refractivity contribution in [3.63, 3.8) is 0 Å². The minimum atomic E-state index is -0.635. The van der Waals surface area contributed by atoms with Crippen molar-refractivity contribution in [2.24, 2.45) is 5.92 Å². The standard InChI is InChI=1S/C31H42FN3O3.2ClH/c1-22(2)30-25-14-13-24(32)20-23(25)15-16-31(30,38-29(36)21-37-4)17-19-35(3)18-9-5-6-12-28-33-26-10-7-8-11-27(26)34-28;;/h7-8,10-11,13-14,20,22,30H,5-6,9,12,15-19,21H2,1-4H3,(H,33,34);2*1H/t30-,31-;;/m0../s1. The molecule has 222 valence electrons. The first kappa shape index (κ1) is 34.0. The smallest absolute Gasteiger partial charge is 0.332 e. The second-order valence-corrected chi connectivity index (χ2v) is 11.1. The zero-order valence-corrected chi connectivity index (χ0v) is 25.7. The topological polar surface area (TPSA) is 67.5 Å². The fraction of sp³-hybridized carbons (Fsp3) is 0.548. The van der Waals surface area contributed by atoms with Gasteiger partial charge >= 0.3 is 5.97 Å². The van der Waals surface area contributed by atoms with Gasteiger partial charge in [-0.05, 0) is 80.6 Å². The molecule has 0 fully saturated rings. The number of nitrogens with zero attached hydrogens (tertiary/aromatic N) is 2. The largest absolute Gasteiger partial charge is 0.457 e. The molecule has 0 radical (unpaired) electrons. The van der Waals surface area contributed by atoms with E-state index < -0.39 is 5.60 Å². The van der Waals surface area contributed by atoms with E-state index in [1.165, 1.54) is 13.2 Å². The highest BCUT2D eigenvalue weighted by atomic mass is 35.5. The Labute approximate surface area is 250 Å². The fourth-order valence-electron chi connectivity index (χ4n) is 6.13. The van der Waals surface area contributed by atoms with Crippen LogP contribution in [-0.2, 0) is 27.1 Å². The lowest BCUT2D eigenvalue weighted by molar-refractivity contribution is -0.172. The van der Waals surface area contributed by atoms with Gasteiger partial charge in [-0.25, -0.2) is 14.2 Å². The number of carbonyl (C=O) groups excluding carboxylic acids is 1. The van der Waals surface area contributed by atoms with E-state index in [1.807, 2.05) is 24.3 Å². The zero-order valence-electron chi connectivity index (χ0n) is 24.1. The van der Waals surface area contributed by atoms with Crippen molar-refractivity contribution < 1.29 is 18.7 Å². The van der Waals surface area contributed by atoms with E-state index in [0.717, 1.165) is 73.2 Å². The number of para-hydroxylation sites is 2. The van der Waals surface area contributed by atoms with Crippen LogP contribution >= 0.6 is 24.8 Å². The summed E-state index contributed by atoms with van der Waals surface area (Å²) in [5.74, 6) is 0.743. The predicted octanol–water partition coefficient (Wildman–Crippen LogP) is 6.89. The van der Waals surface area contributed by atoms with Crippen molar-refractivity contribution in [2.75, 3.05) is 33.9 Å². The number of rotatable bonds is 13. The lowest BCUT2D eigenvalue weighted by Crippen LogP contribution is -2.49. The lowest BCUT2D eigenvalue weighted by atomic mass is 9.65. The highest BCUT2D eigenvalue weighted by Crippen LogP contribution is 2.48. The maximum absolute atomic E-state index is 14.0. The van der Waals surface area contributed by atoms with Crippen molar-refractivity contribution in [1.29, 1.82) is 0 Å². The van der Waals surface area contributed by atoms with Crippen molar-refractivity contribution in [3.05, 3.63) is 65.2 Å². The third kappa shape index (κ3) is 8.41. The minimum absolute atomic E-state index is 0. The van der Waals surface area contributed by atoms with Gasteiger partial charge in [-0.3, -0.25) is 0 Å². The van der Waals surface area contributed by atoms with E-state index in [4.69, 9.17) is 9.47 Å². The van der Waals surface area contributed by atoms with Gasteiger partial charge < -0.3 is 19.4 Å². The van der Waals surface area contributed by atoms with Crippen molar-refractivity contribution in [2.45, 2.75) is 70.3 Å². The average molecular weight is 597 g/mol. The number of halogens is 3. The Morgan fingerprint density at radius 1 is 1.15 bits per heavy atom. The predicted molar refractivity (Wildman–Crippen MR) is 163 cm³/mol. The molecule has 0 saturated carbocycles. The summed E-state index contributed by atoms with van der Waals surface area (Å²) in [5, 5.41) is 0. The number of methoxy groups -OCH3 is 1. The van der Waals surface area contributed by atoms with E-state index >= 15 is 0 Å². The molecular weight excluding hydrogens is 552 g/mol. The van der Waals surface area contributed by atoms with Gasteiger partial charge in [0.25, 0.3) is 0 Å². The molecule has 1 aromatic heterocycles. The first-order valence-corrected chi connectivity index (χ1v) is 13.9. The number of fused-ring (bicyclic) bond motifs is 2. The summed E-state index contributed by atoms with van der Waals surface area (Å²) in [6.07, 6.45) is 6.39. The van der Waals surface area contributed by atoms with Crippen LogP contribution < -0.4 is 0 Å². The van der Waals surface area contributed by atoms with E-state index in [9.17, 15) is 9.18 Å². The normalized spacial score (nSPS) is 18.3. The van der Waals surface area contributed by atoms with E-state index in [-0.39, 0.29) is 55.0 Å². The average Bonchev–Trinajstić information content (AvgIpc) is 3.30. The second-order valence-electron chi connectivity index (χ2n) is 11.1. The van der Waals surface area contributed by atoms with Gasteiger partial charge in [0.15, 0.2) is 0 Å². The maximum atomic E-state index is 14.0. The van der Waals surface area contributed by atoms with Crippen LogP contribution in [0.15, 0.2) is 42.5 Å². The summed E-state index contributed by atoms with van der Waals surface area (Å²) in [5.41, 5.74) is 3.62. The van der Waals surface area contributed by atoms with Gasteiger partial charge in [0.05, 0.1) is 11.0 Å². The molecule has 3 aromatic rings. The van der Waals surface area contributed by atoms with Crippen LogP contribution in [0, 0.1) is 11.7 Å². The van der Waals surface area contributed by atoms with Gasteiger partial charge in [-0.1, -0.05) is 38.5 Å². The Bertz CT molecular complexity index is 1190. The number of carbonyl (C=O) groups is 1. The van der Waals surface area contributed by atoms with Gasteiger partial charge in [0, 0.05) is 32.4 Å². The molecule has 2 aromatic carbocycles. The molecule has 1 N–H and O–H groups in total. The highest BCUT2D eigenvalue weighted by Gasteiger charge is 2.47. The first-order chi connectivity index (χ1) is 18.3. The van der Waals surface area contributed by atoms with Crippen LogP contribution in [0.1, 0.15) is 68.8 Å². The summed E-state index contributed by atoms with van der Waals surface area (Å²) in [6.45, 7) is 6.06. The molecule has 1 aliphatic carbocycles. The third-order valence-corrected chi connectivity index (χ3v) is 7.88. The van der Waals surface area contributed by atoms with E-state index in [2.05, 4.69) is 41.8 Å². The van der Waals surface area contributed by atoms with Gasteiger partial charge in [-0.2, -0.15) is 0 Å². The number of unbranched alkanes of at least 4 members (excludes halogenated alkanes) is 2. The van der Waals surface area contributed by atoms with Crippen LogP contribution in [0.2, 0.25) is 0 Å². The summed E-state index contributed by atoms with van der Waals surface area (Å²) in [4.78, 5) is 23.1. The molecule has 0 amide bonds. The molecule has 40 heavy (non-hydrogen) atoms. The number of nitrogens with one attached hydrogen (secondary N) is 1. The summed E-state index contributed by atoms with van der Waals surface area (Å²) in [7, 11) is 3.65. The Kier molecular flexibility index (Phi) is 13.4. The number of ether oxygens (including phenoxy) is 2. The number of aromatic nitrogens is 2. The fourth-order valence-corrected chi connectivity index (χ4v) is 6.13. The molecule has 1 heterocycles. The molecular formula is C31H44Cl2FN3O3. The SMILES string of the molecule is COCC(=O)O[C@]1(CCN(C)CCCCCc2nc3ccccc3[nH]2)CCc2cc(F)ccc2[C@@H]1C(C)C.Cl.Cl. The number of aryl methyl sites for hydroxylation is 2. The first-order valence-electron chi connectivity index (χ1n) is 13.9. The molecule has 0 unspecified atom stereocenters. The molecule has 0 saturated heterocycles. The van der Waals surface area contributed by atoms with Gasteiger partial charge in [-0.15, -0.1) is 24.8 Å².